The van der Waals surface area contributed by atoms with Gasteiger partial charge in [0.1, 0.15) is 5.75 Å². The number of pyridine rings is 1. The fourth-order valence-corrected chi connectivity index (χ4v) is 3.36. The average Bonchev–Trinajstić information content (AvgIpc) is 2.67. The number of Topliss-reactive ketones (excluding diaryl/α,β-unsaturated/α-hetero) is 1. The van der Waals surface area contributed by atoms with Gasteiger partial charge in [-0.3, -0.25) is 19.0 Å². The Balaban J connectivity index is 2.08. The van der Waals surface area contributed by atoms with Crippen molar-refractivity contribution in [2.75, 3.05) is 12.4 Å². The smallest absolute Gasteiger partial charge is 0.252 e. The number of carbonyl (C=O) groups excluding carboxylic acids is 2. The molecule has 1 N–H and O–H groups in total. The van der Waals surface area contributed by atoms with Gasteiger partial charge in [0.2, 0.25) is 5.91 Å². The molecule has 0 aliphatic heterocycles. The molecule has 1 atom stereocenters. The van der Waals surface area contributed by atoms with Crippen LogP contribution in [0, 0.1) is 6.92 Å². The summed E-state index contributed by atoms with van der Waals surface area (Å²) < 4.78 is 6.93. The van der Waals surface area contributed by atoms with E-state index in [4.69, 9.17) is 4.74 Å². The van der Waals surface area contributed by atoms with E-state index in [1.807, 2.05) is 19.1 Å². The number of carbonyl (C=O) groups is 2. The fraction of sp³-hybridized carbons (Fsp3) is 0.227. The summed E-state index contributed by atoms with van der Waals surface area (Å²) in [6.45, 7) is 4.98. The van der Waals surface area contributed by atoms with E-state index in [2.05, 4.69) is 5.32 Å². The van der Waals surface area contributed by atoms with Gasteiger partial charge in [-0.1, -0.05) is 12.1 Å². The number of fused-ring (bicyclic) bond motifs is 1. The van der Waals surface area contributed by atoms with Crippen LogP contribution >= 0.6 is 0 Å². The van der Waals surface area contributed by atoms with Crippen molar-refractivity contribution >= 4 is 28.3 Å². The largest absolute Gasteiger partial charge is 0.495 e. The third kappa shape index (κ3) is 3.53. The van der Waals surface area contributed by atoms with E-state index in [-0.39, 0.29) is 17.2 Å². The molecule has 1 heterocycles. The van der Waals surface area contributed by atoms with Crippen molar-refractivity contribution < 1.29 is 14.3 Å². The van der Waals surface area contributed by atoms with E-state index in [1.165, 1.54) is 17.6 Å². The number of anilines is 1. The maximum Gasteiger partial charge on any atom is 0.252 e. The van der Waals surface area contributed by atoms with Crippen molar-refractivity contribution in [2.45, 2.75) is 26.8 Å². The molecule has 1 aromatic heterocycles. The number of ether oxygens (including phenoxy) is 1. The molecule has 0 saturated heterocycles. The monoisotopic (exact) mass is 378 g/mol. The second kappa shape index (κ2) is 7.68. The number of benzene rings is 2. The number of hydrogen-bond acceptors (Lipinski definition) is 4. The molecule has 1 unspecified atom stereocenters. The highest BCUT2D eigenvalue weighted by Crippen LogP contribution is 2.29. The van der Waals surface area contributed by atoms with Crippen LogP contribution in [0.2, 0.25) is 0 Å². The van der Waals surface area contributed by atoms with Crippen molar-refractivity contribution in [3.63, 3.8) is 0 Å². The minimum atomic E-state index is -0.724. The molecule has 3 rings (SSSR count). The number of nitrogens with zero attached hydrogens (tertiary/aromatic N) is 1. The Kier molecular flexibility index (Phi) is 5.31. The molecular weight excluding hydrogens is 356 g/mol. The van der Waals surface area contributed by atoms with Crippen LogP contribution < -0.4 is 15.6 Å². The minimum absolute atomic E-state index is 0.183. The van der Waals surface area contributed by atoms with Gasteiger partial charge in [0.15, 0.2) is 5.78 Å². The average molecular weight is 378 g/mol. The van der Waals surface area contributed by atoms with E-state index >= 15 is 0 Å². The summed E-state index contributed by atoms with van der Waals surface area (Å²) in [5.41, 5.74) is 2.24. The van der Waals surface area contributed by atoms with Gasteiger partial charge >= 0.3 is 0 Å². The van der Waals surface area contributed by atoms with Gasteiger partial charge in [0.05, 0.1) is 18.7 Å². The molecule has 0 radical (unpaired) electrons. The fourth-order valence-electron chi connectivity index (χ4n) is 3.36. The number of hydrogen-bond donors (Lipinski definition) is 1. The lowest BCUT2D eigenvalue weighted by atomic mass is 10.0. The molecule has 144 valence electrons. The van der Waals surface area contributed by atoms with Crippen molar-refractivity contribution in [1.82, 2.24) is 4.57 Å². The molecule has 1 amide bonds. The topological polar surface area (TPSA) is 77.4 Å². The Morgan fingerprint density at radius 2 is 1.79 bits per heavy atom. The van der Waals surface area contributed by atoms with Crippen LogP contribution in [0.15, 0.2) is 53.3 Å². The Labute approximate surface area is 162 Å². The van der Waals surface area contributed by atoms with Crippen molar-refractivity contribution in [1.29, 1.82) is 0 Å². The number of ketones is 1. The summed E-state index contributed by atoms with van der Waals surface area (Å²) in [6, 6.07) is 13.0. The lowest BCUT2D eigenvalue weighted by molar-refractivity contribution is -0.114. The van der Waals surface area contributed by atoms with E-state index in [0.29, 0.717) is 22.5 Å². The predicted molar refractivity (Wildman–Crippen MR) is 109 cm³/mol. The highest BCUT2D eigenvalue weighted by Gasteiger charge is 2.22. The molecular formula is C22H22N2O4. The zero-order valence-electron chi connectivity index (χ0n) is 16.3. The quantitative estimate of drug-likeness (QED) is 0.687. The number of nitrogens with one attached hydrogen (secondary N) is 1. The Bertz CT molecular complexity index is 1110. The van der Waals surface area contributed by atoms with Gasteiger partial charge in [0.25, 0.3) is 5.56 Å². The summed E-state index contributed by atoms with van der Waals surface area (Å²) in [5.74, 6) is 0.156. The molecule has 0 aliphatic rings. The van der Waals surface area contributed by atoms with Crippen molar-refractivity contribution in [2.24, 2.45) is 0 Å². The molecule has 0 fully saturated rings. The zero-order chi connectivity index (χ0) is 20.4. The van der Waals surface area contributed by atoms with E-state index in [0.717, 1.165) is 10.9 Å². The Morgan fingerprint density at radius 3 is 2.39 bits per heavy atom. The number of para-hydroxylation sites is 1. The van der Waals surface area contributed by atoms with Gasteiger partial charge in [-0.25, -0.2) is 0 Å². The first kappa shape index (κ1) is 19.4. The zero-order valence-corrected chi connectivity index (χ0v) is 16.3. The molecule has 0 saturated carbocycles. The molecule has 0 aliphatic carbocycles. The van der Waals surface area contributed by atoms with Gasteiger partial charge in [-0.15, -0.1) is 0 Å². The number of rotatable bonds is 5. The predicted octanol–water partition coefficient (Wildman–Crippen LogP) is 3.72. The van der Waals surface area contributed by atoms with Gasteiger partial charge in [-0.05, 0) is 49.7 Å². The van der Waals surface area contributed by atoms with Crippen LogP contribution in [-0.4, -0.2) is 23.4 Å². The van der Waals surface area contributed by atoms with Crippen LogP contribution in [0.3, 0.4) is 0 Å². The first-order valence-electron chi connectivity index (χ1n) is 8.94. The number of methoxy groups -OCH3 is 1. The van der Waals surface area contributed by atoms with Gasteiger partial charge in [-0.2, -0.15) is 0 Å². The van der Waals surface area contributed by atoms with Crippen LogP contribution in [0.25, 0.3) is 10.9 Å². The number of aromatic nitrogens is 1. The molecule has 3 aromatic rings. The second-order valence-electron chi connectivity index (χ2n) is 6.69. The van der Waals surface area contributed by atoms with Crippen LogP contribution in [-0.2, 0) is 4.79 Å². The van der Waals surface area contributed by atoms with Crippen LogP contribution in [0.4, 0.5) is 5.69 Å². The first-order chi connectivity index (χ1) is 13.3. The molecule has 6 heteroatoms. The van der Waals surface area contributed by atoms with E-state index in [1.54, 1.807) is 44.4 Å². The summed E-state index contributed by atoms with van der Waals surface area (Å²) in [4.78, 5) is 37.0. The Morgan fingerprint density at radius 1 is 1.11 bits per heavy atom. The maximum absolute atomic E-state index is 13.1. The summed E-state index contributed by atoms with van der Waals surface area (Å²) in [7, 11) is 1.54. The molecule has 0 bridgehead atoms. The third-order valence-corrected chi connectivity index (χ3v) is 4.72. The highest BCUT2D eigenvalue weighted by molar-refractivity contribution is 6.00. The first-order valence-corrected chi connectivity index (χ1v) is 8.94. The van der Waals surface area contributed by atoms with Crippen LogP contribution in [0.5, 0.6) is 5.75 Å². The maximum atomic E-state index is 13.1. The van der Waals surface area contributed by atoms with Crippen molar-refractivity contribution in [3.8, 4) is 5.75 Å². The Hall–Kier alpha value is -3.41. The molecule has 0 spiro atoms. The van der Waals surface area contributed by atoms with Gasteiger partial charge < -0.3 is 10.1 Å². The molecule has 28 heavy (non-hydrogen) atoms. The lowest BCUT2D eigenvalue weighted by Crippen LogP contribution is -2.28. The number of aryl methyl sites for hydroxylation is 1. The summed E-state index contributed by atoms with van der Waals surface area (Å²) in [5, 5.41) is 3.53. The van der Waals surface area contributed by atoms with E-state index in [9.17, 15) is 14.4 Å². The second-order valence-corrected chi connectivity index (χ2v) is 6.69. The lowest BCUT2D eigenvalue weighted by Gasteiger charge is -2.20. The normalized spacial score (nSPS) is 11.9. The third-order valence-electron chi connectivity index (χ3n) is 4.72. The van der Waals surface area contributed by atoms with Gasteiger partial charge in [0, 0.05) is 29.6 Å². The minimum Gasteiger partial charge on any atom is -0.495 e. The SMILES string of the molecule is COc1cccc2c(C)cc(=O)n(C(C)C(=O)c3ccc(NC(C)=O)cc3)c12. The van der Waals surface area contributed by atoms with Crippen LogP contribution in [0.1, 0.15) is 35.8 Å². The molecule has 6 nitrogen and oxygen atoms in total. The highest BCUT2D eigenvalue weighted by atomic mass is 16.5. The molecule has 2 aromatic carbocycles. The van der Waals surface area contributed by atoms with Crippen molar-refractivity contribution in [3.05, 3.63) is 70.0 Å². The van der Waals surface area contributed by atoms with E-state index < -0.39 is 6.04 Å². The standard InChI is InChI=1S/C22H22N2O4/c1-13-12-20(26)24(21-18(13)6-5-7-19(21)28-4)14(2)22(27)16-8-10-17(11-9-16)23-15(3)25/h5-12,14H,1-4H3,(H,23,25). The summed E-state index contributed by atoms with van der Waals surface area (Å²) in [6.07, 6.45) is 0. The summed E-state index contributed by atoms with van der Waals surface area (Å²) >= 11 is 0. The number of amides is 1.